The van der Waals surface area contributed by atoms with E-state index in [9.17, 15) is 13.2 Å². The molecule has 0 N–H and O–H groups in total. The molecule has 0 saturated carbocycles. The molecule has 0 spiro atoms. The maximum Gasteiger partial charge on any atom is 0.244 e. The van der Waals surface area contributed by atoms with E-state index in [2.05, 4.69) is 0 Å². The summed E-state index contributed by atoms with van der Waals surface area (Å²) in [4.78, 5) is 11.7. The number of carbonyl (C=O) groups excluding carboxylic acids is 1. The first-order valence-corrected chi connectivity index (χ1v) is 7.44. The van der Waals surface area contributed by atoms with Crippen molar-refractivity contribution in [1.82, 2.24) is 4.31 Å². The lowest BCUT2D eigenvalue weighted by molar-refractivity contribution is -0.117. The Morgan fingerprint density at radius 2 is 1.83 bits per heavy atom. The van der Waals surface area contributed by atoms with E-state index < -0.39 is 16.1 Å². The van der Waals surface area contributed by atoms with Gasteiger partial charge in [0.05, 0.1) is 4.90 Å². The van der Waals surface area contributed by atoms with Gasteiger partial charge in [0, 0.05) is 6.04 Å². The number of rotatable bonds is 4. The third-order valence-corrected chi connectivity index (χ3v) is 5.23. The van der Waals surface area contributed by atoms with E-state index >= 15 is 0 Å². The molecule has 98 valence electrons. The second-order valence-corrected chi connectivity index (χ2v) is 6.52. The average Bonchev–Trinajstić information content (AvgIpc) is 3.04. The van der Waals surface area contributed by atoms with Gasteiger partial charge in [0.2, 0.25) is 10.0 Å². The molecule has 5 heteroatoms. The van der Waals surface area contributed by atoms with Crippen LogP contribution in [-0.2, 0) is 14.8 Å². The van der Waals surface area contributed by atoms with E-state index in [0.29, 0.717) is 6.42 Å². The van der Waals surface area contributed by atoms with Crippen LogP contribution in [-0.4, -0.2) is 30.6 Å². The summed E-state index contributed by atoms with van der Waals surface area (Å²) in [6, 6.07) is 6.06. The molecule has 0 bridgehead atoms. The third kappa shape index (κ3) is 2.08. The number of ketones is 1. The molecule has 1 aliphatic rings. The molecule has 3 unspecified atom stereocenters. The molecule has 18 heavy (non-hydrogen) atoms. The molecule has 0 aromatic heterocycles. The van der Waals surface area contributed by atoms with Crippen molar-refractivity contribution in [3.63, 3.8) is 0 Å². The van der Waals surface area contributed by atoms with Crippen molar-refractivity contribution in [2.75, 3.05) is 0 Å². The molecule has 1 fully saturated rings. The molecule has 0 radical (unpaired) electrons. The Morgan fingerprint density at radius 1 is 1.28 bits per heavy atom. The lowest BCUT2D eigenvalue weighted by Crippen LogP contribution is -2.18. The van der Waals surface area contributed by atoms with Gasteiger partial charge in [-0.3, -0.25) is 4.79 Å². The number of Topliss-reactive ketones (excluding diaryl/α,β-unsaturated/α-hetero) is 1. The van der Waals surface area contributed by atoms with Crippen LogP contribution in [0.2, 0.25) is 0 Å². The zero-order chi connectivity index (χ0) is 13.5. The van der Waals surface area contributed by atoms with E-state index in [4.69, 9.17) is 0 Å². The summed E-state index contributed by atoms with van der Waals surface area (Å²) in [7, 11) is -3.53. The molecule has 3 atom stereocenters. The zero-order valence-electron chi connectivity index (χ0n) is 10.8. The topological polar surface area (TPSA) is 54.2 Å². The first-order chi connectivity index (χ1) is 8.39. The van der Waals surface area contributed by atoms with Crippen LogP contribution in [0.5, 0.6) is 0 Å². The highest BCUT2D eigenvalue weighted by molar-refractivity contribution is 7.89. The predicted octanol–water partition coefficient (Wildman–Crippen LogP) is 1.74. The minimum absolute atomic E-state index is 0.0856. The maximum atomic E-state index is 12.4. The number of aryl methyl sites for hydroxylation is 1. The van der Waals surface area contributed by atoms with Crippen LogP contribution in [0, 0.1) is 6.92 Å². The lowest BCUT2D eigenvalue weighted by atomic mass is 10.2. The summed E-state index contributed by atoms with van der Waals surface area (Å²) in [6.07, 6.45) is 0.662. The number of hydrogen-bond acceptors (Lipinski definition) is 3. The highest BCUT2D eigenvalue weighted by atomic mass is 32.2. The quantitative estimate of drug-likeness (QED) is 0.781. The van der Waals surface area contributed by atoms with Crippen LogP contribution in [0.4, 0.5) is 0 Å². The molecule has 1 aromatic carbocycles. The van der Waals surface area contributed by atoms with Crippen molar-refractivity contribution in [2.24, 2.45) is 0 Å². The van der Waals surface area contributed by atoms with Gasteiger partial charge in [0.1, 0.15) is 11.8 Å². The predicted molar refractivity (Wildman–Crippen MR) is 68.8 cm³/mol. The lowest BCUT2D eigenvalue weighted by Gasteiger charge is -2.06. The van der Waals surface area contributed by atoms with Gasteiger partial charge >= 0.3 is 0 Å². The Bertz CT molecular complexity index is 562. The van der Waals surface area contributed by atoms with Gasteiger partial charge in [0.15, 0.2) is 0 Å². The monoisotopic (exact) mass is 267 g/mol. The summed E-state index contributed by atoms with van der Waals surface area (Å²) in [5.74, 6) is -0.0856. The van der Waals surface area contributed by atoms with E-state index in [0.717, 1.165) is 5.56 Å². The molecular weight excluding hydrogens is 250 g/mol. The van der Waals surface area contributed by atoms with Crippen molar-refractivity contribution < 1.29 is 13.2 Å². The van der Waals surface area contributed by atoms with Gasteiger partial charge < -0.3 is 0 Å². The molecule has 0 amide bonds. The van der Waals surface area contributed by atoms with Gasteiger partial charge in [-0.1, -0.05) is 24.6 Å². The smallest absolute Gasteiger partial charge is 0.244 e. The molecule has 2 rings (SSSR count). The molecule has 1 aromatic rings. The van der Waals surface area contributed by atoms with E-state index in [1.165, 1.54) is 11.2 Å². The van der Waals surface area contributed by atoms with Crippen LogP contribution in [0.1, 0.15) is 25.8 Å². The molecule has 1 heterocycles. The fourth-order valence-corrected chi connectivity index (χ4v) is 4.15. The molecule has 1 saturated heterocycles. The van der Waals surface area contributed by atoms with Crippen LogP contribution < -0.4 is 0 Å². The fourth-order valence-electron chi connectivity index (χ4n) is 2.27. The van der Waals surface area contributed by atoms with Crippen LogP contribution in [0.3, 0.4) is 0 Å². The van der Waals surface area contributed by atoms with E-state index in [-0.39, 0.29) is 16.7 Å². The van der Waals surface area contributed by atoms with Crippen molar-refractivity contribution in [2.45, 2.75) is 44.2 Å². The van der Waals surface area contributed by atoms with Crippen LogP contribution >= 0.6 is 0 Å². The second kappa shape index (κ2) is 4.48. The van der Waals surface area contributed by atoms with Crippen molar-refractivity contribution in [3.8, 4) is 0 Å². The Balaban J connectivity index is 2.33. The van der Waals surface area contributed by atoms with Crippen LogP contribution in [0.25, 0.3) is 0 Å². The van der Waals surface area contributed by atoms with Gasteiger partial charge in [-0.25, -0.2) is 8.42 Å². The summed E-state index contributed by atoms with van der Waals surface area (Å²) >= 11 is 0. The molecule has 0 aliphatic carbocycles. The molecule has 1 aliphatic heterocycles. The Kier molecular flexibility index (Phi) is 3.29. The van der Waals surface area contributed by atoms with Crippen molar-refractivity contribution >= 4 is 15.8 Å². The first kappa shape index (κ1) is 13.2. The average molecular weight is 267 g/mol. The van der Waals surface area contributed by atoms with Crippen LogP contribution in [0.15, 0.2) is 29.2 Å². The molecule has 4 nitrogen and oxygen atoms in total. The zero-order valence-corrected chi connectivity index (χ0v) is 11.6. The number of carbonyl (C=O) groups is 1. The number of benzene rings is 1. The summed E-state index contributed by atoms with van der Waals surface area (Å²) < 4.78 is 26.0. The highest BCUT2D eigenvalue weighted by Gasteiger charge is 2.56. The largest absolute Gasteiger partial charge is 0.298 e. The SMILES string of the molecule is CCC1C(C(C)=O)N1S(=O)(=O)c1ccc(C)cc1. The highest BCUT2D eigenvalue weighted by Crippen LogP contribution is 2.38. The standard InChI is InChI=1S/C13H17NO3S/c1-4-12-13(10(3)15)14(12)18(16,17)11-7-5-9(2)6-8-11/h5-8,12-13H,4H2,1-3H3. The van der Waals surface area contributed by atoms with Crippen molar-refractivity contribution in [3.05, 3.63) is 29.8 Å². The van der Waals surface area contributed by atoms with E-state index in [1.807, 2.05) is 13.8 Å². The van der Waals surface area contributed by atoms with Gasteiger partial charge in [0.25, 0.3) is 0 Å². The van der Waals surface area contributed by atoms with Gasteiger partial charge in [-0.05, 0) is 32.4 Å². The number of nitrogens with zero attached hydrogens (tertiary/aromatic N) is 1. The van der Waals surface area contributed by atoms with Gasteiger partial charge in [-0.15, -0.1) is 0 Å². The summed E-state index contributed by atoms with van der Waals surface area (Å²) in [5, 5.41) is 0. The maximum absolute atomic E-state index is 12.4. The Morgan fingerprint density at radius 3 is 2.22 bits per heavy atom. The minimum Gasteiger partial charge on any atom is -0.298 e. The number of hydrogen-bond donors (Lipinski definition) is 0. The first-order valence-electron chi connectivity index (χ1n) is 6.00. The number of sulfonamides is 1. The Labute approximate surface area is 108 Å². The summed E-state index contributed by atoms with van der Waals surface area (Å²) in [5.41, 5.74) is 1.01. The third-order valence-electron chi connectivity index (χ3n) is 3.31. The summed E-state index contributed by atoms with van der Waals surface area (Å²) in [6.45, 7) is 5.24. The minimum atomic E-state index is -3.53. The van der Waals surface area contributed by atoms with Crippen molar-refractivity contribution in [1.29, 1.82) is 0 Å². The van der Waals surface area contributed by atoms with Gasteiger partial charge in [-0.2, -0.15) is 4.31 Å². The van der Waals surface area contributed by atoms with E-state index in [1.54, 1.807) is 24.3 Å². The second-order valence-electron chi connectivity index (χ2n) is 4.68. The normalized spacial score (nSPS) is 26.9. The fraction of sp³-hybridized carbons (Fsp3) is 0.462. The molecular formula is C13H17NO3S. The Hall–Kier alpha value is -1.20.